The number of fused-ring (bicyclic) bond motifs is 1. The standard InChI is InChI=1S/C14H21F6NO2S/c1-2-12(15,16)13(17,18)14(19,20)24(22,23)21-8-7-10-5-3-4-6-11(10)9-21/h10-11H,2-9H2,1H3. The number of halogens is 6. The van der Waals surface area contributed by atoms with Gasteiger partial charge in [-0.25, -0.2) is 8.42 Å². The molecule has 0 spiro atoms. The molecule has 24 heavy (non-hydrogen) atoms. The summed E-state index contributed by atoms with van der Waals surface area (Å²) >= 11 is 0. The van der Waals surface area contributed by atoms with Gasteiger partial charge in [-0.3, -0.25) is 0 Å². The van der Waals surface area contributed by atoms with Gasteiger partial charge in [0.25, 0.3) is 10.0 Å². The molecule has 0 aromatic heterocycles. The van der Waals surface area contributed by atoms with Gasteiger partial charge in [0.2, 0.25) is 0 Å². The van der Waals surface area contributed by atoms with Crippen LogP contribution in [0.25, 0.3) is 0 Å². The Morgan fingerprint density at radius 1 is 0.958 bits per heavy atom. The molecule has 2 atom stereocenters. The highest BCUT2D eigenvalue weighted by Crippen LogP contribution is 2.51. The summed E-state index contributed by atoms with van der Waals surface area (Å²) in [5.41, 5.74) is 0. The first-order valence-corrected chi connectivity index (χ1v) is 9.45. The maximum Gasteiger partial charge on any atom is 0.427 e. The van der Waals surface area contributed by atoms with Gasteiger partial charge in [-0.2, -0.15) is 30.6 Å². The van der Waals surface area contributed by atoms with Crippen LogP contribution in [-0.4, -0.2) is 42.9 Å². The molecule has 0 radical (unpaired) electrons. The van der Waals surface area contributed by atoms with E-state index in [2.05, 4.69) is 0 Å². The predicted octanol–water partition coefficient (Wildman–Crippen LogP) is 4.10. The van der Waals surface area contributed by atoms with Crippen LogP contribution < -0.4 is 0 Å². The van der Waals surface area contributed by atoms with E-state index < -0.39 is 33.5 Å². The molecule has 2 unspecified atom stereocenters. The van der Waals surface area contributed by atoms with Gasteiger partial charge in [-0.15, -0.1) is 0 Å². The van der Waals surface area contributed by atoms with E-state index in [4.69, 9.17) is 0 Å². The highest BCUT2D eigenvalue weighted by Gasteiger charge is 2.77. The van der Waals surface area contributed by atoms with Crippen LogP contribution in [0.15, 0.2) is 0 Å². The summed E-state index contributed by atoms with van der Waals surface area (Å²) in [4.78, 5) is 0. The van der Waals surface area contributed by atoms with Gasteiger partial charge >= 0.3 is 17.1 Å². The average Bonchev–Trinajstić information content (AvgIpc) is 2.53. The molecule has 142 valence electrons. The smallest absolute Gasteiger partial charge is 0.206 e. The van der Waals surface area contributed by atoms with Crippen molar-refractivity contribution in [2.75, 3.05) is 13.1 Å². The largest absolute Gasteiger partial charge is 0.427 e. The maximum absolute atomic E-state index is 14.0. The van der Waals surface area contributed by atoms with Crippen LogP contribution in [0.3, 0.4) is 0 Å². The minimum atomic E-state index is -5.98. The van der Waals surface area contributed by atoms with Gasteiger partial charge < -0.3 is 0 Å². The highest BCUT2D eigenvalue weighted by atomic mass is 32.2. The summed E-state index contributed by atoms with van der Waals surface area (Å²) in [7, 11) is -5.89. The first-order valence-electron chi connectivity index (χ1n) is 8.01. The molecule has 3 nitrogen and oxygen atoms in total. The molecule has 1 aliphatic heterocycles. The first kappa shape index (κ1) is 19.8. The molecule has 1 aliphatic carbocycles. The van der Waals surface area contributed by atoms with E-state index >= 15 is 0 Å². The van der Waals surface area contributed by atoms with Crippen molar-refractivity contribution < 1.29 is 34.8 Å². The molecule has 10 heteroatoms. The minimum absolute atomic E-state index is 0.177. The molecular weight excluding hydrogens is 360 g/mol. The molecule has 2 aliphatic rings. The van der Waals surface area contributed by atoms with Crippen molar-refractivity contribution in [2.45, 2.75) is 62.5 Å². The zero-order chi connectivity index (χ0) is 18.4. The second-order valence-corrected chi connectivity index (χ2v) is 8.58. The Morgan fingerprint density at radius 2 is 1.50 bits per heavy atom. The van der Waals surface area contributed by atoms with E-state index in [1.54, 1.807) is 0 Å². The fourth-order valence-electron chi connectivity index (χ4n) is 3.54. The van der Waals surface area contributed by atoms with Gasteiger partial charge in [-0.1, -0.05) is 26.2 Å². The topological polar surface area (TPSA) is 37.4 Å². The van der Waals surface area contributed by atoms with Crippen LogP contribution in [0.2, 0.25) is 0 Å². The Hall–Kier alpha value is -0.510. The van der Waals surface area contributed by atoms with Crippen molar-refractivity contribution in [2.24, 2.45) is 11.8 Å². The van der Waals surface area contributed by atoms with Crippen molar-refractivity contribution >= 4 is 10.0 Å². The molecule has 0 amide bonds. The monoisotopic (exact) mass is 381 g/mol. The van der Waals surface area contributed by atoms with Gasteiger partial charge in [0.15, 0.2) is 0 Å². The average molecular weight is 381 g/mol. The first-order chi connectivity index (χ1) is 10.9. The lowest BCUT2D eigenvalue weighted by Gasteiger charge is -2.42. The third kappa shape index (κ3) is 2.93. The predicted molar refractivity (Wildman–Crippen MR) is 75.7 cm³/mol. The summed E-state index contributed by atoms with van der Waals surface area (Å²) < 4.78 is 106. The number of piperidine rings is 1. The van der Waals surface area contributed by atoms with Crippen LogP contribution in [-0.2, 0) is 10.0 Å². The Bertz CT molecular complexity index is 566. The highest BCUT2D eigenvalue weighted by molar-refractivity contribution is 7.90. The number of hydrogen-bond donors (Lipinski definition) is 0. The van der Waals surface area contributed by atoms with Crippen molar-refractivity contribution in [3.05, 3.63) is 0 Å². The van der Waals surface area contributed by atoms with Crippen LogP contribution in [0, 0.1) is 11.8 Å². The lowest BCUT2D eigenvalue weighted by Crippen LogP contribution is -2.62. The third-order valence-electron chi connectivity index (χ3n) is 5.19. The second kappa shape index (κ2) is 6.34. The number of alkyl halides is 6. The van der Waals surface area contributed by atoms with E-state index in [0.717, 1.165) is 19.3 Å². The fourth-order valence-corrected chi connectivity index (χ4v) is 5.08. The molecule has 0 aromatic rings. The summed E-state index contributed by atoms with van der Waals surface area (Å²) in [6, 6.07) is 0. The summed E-state index contributed by atoms with van der Waals surface area (Å²) in [6.07, 6.45) is 1.95. The number of rotatable bonds is 5. The Labute approximate surface area is 137 Å². The second-order valence-electron chi connectivity index (χ2n) is 6.61. The Balaban J connectivity index is 2.28. The van der Waals surface area contributed by atoms with Gasteiger partial charge in [0, 0.05) is 19.5 Å². The van der Waals surface area contributed by atoms with Crippen molar-refractivity contribution in [3.8, 4) is 0 Å². The Kier molecular flexibility index (Phi) is 5.23. The molecule has 2 rings (SSSR count). The van der Waals surface area contributed by atoms with Gasteiger partial charge in [-0.05, 0) is 24.7 Å². The van der Waals surface area contributed by atoms with Crippen LogP contribution in [0.1, 0.15) is 45.4 Å². The molecule has 0 N–H and O–H groups in total. The summed E-state index contributed by atoms with van der Waals surface area (Å²) in [5, 5.41) is -5.86. The van der Waals surface area contributed by atoms with Crippen molar-refractivity contribution in [3.63, 3.8) is 0 Å². The van der Waals surface area contributed by atoms with E-state index in [-0.39, 0.29) is 35.7 Å². The molecule has 2 fully saturated rings. The molecule has 1 saturated carbocycles. The lowest BCUT2D eigenvalue weighted by molar-refractivity contribution is -0.280. The van der Waals surface area contributed by atoms with Gasteiger partial charge in [0.05, 0.1) is 0 Å². The molecule has 0 bridgehead atoms. The zero-order valence-electron chi connectivity index (χ0n) is 13.3. The van der Waals surface area contributed by atoms with E-state index in [0.29, 0.717) is 13.3 Å². The van der Waals surface area contributed by atoms with Crippen LogP contribution >= 0.6 is 0 Å². The normalized spacial score (nSPS) is 27.8. The fraction of sp³-hybridized carbons (Fsp3) is 1.00. The lowest BCUT2D eigenvalue weighted by atomic mass is 9.76. The SMILES string of the molecule is CCC(F)(F)C(F)(F)C(F)(F)S(=O)(=O)N1CCC2CCCCC2C1. The van der Waals surface area contributed by atoms with E-state index in [1.165, 1.54) is 0 Å². The van der Waals surface area contributed by atoms with Crippen molar-refractivity contribution in [1.82, 2.24) is 4.31 Å². The molecule has 1 heterocycles. The van der Waals surface area contributed by atoms with Crippen LogP contribution in [0.5, 0.6) is 0 Å². The summed E-state index contributed by atoms with van der Waals surface area (Å²) in [6.45, 7) is -0.0483. The third-order valence-corrected chi connectivity index (χ3v) is 7.10. The maximum atomic E-state index is 14.0. The quantitative estimate of drug-likeness (QED) is 0.673. The van der Waals surface area contributed by atoms with Crippen molar-refractivity contribution in [1.29, 1.82) is 0 Å². The Morgan fingerprint density at radius 3 is 2.04 bits per heavy atom. The van der Waals surface area contributed by atoms with Crippen LogP contribution in [0.4, 0.5) is 26.3 Å². The number of sulfonamides is 1. The van der Waals surface area contributed by atoms with Gasteiger partial charge in [0.1, 0.15) is 0 Å². The summed E-state index contributed by atoms with van der Waals surface area (Å²) in [5.74, 6) is -11.1. The zero-order valence-corrected chi connectivity index (χ0v) is 14.1. The number of nitrogens with zero attached hydrogens (tertiary/aromatic N) is 1. The molecule has 0 aromatic carbocycles. The van der Waals surface area contributed by atoms with E-state index in [9.17, 15) is 34.8 Å². The molecular formula is C14H21F6NO2S. The minimum Gasteiger partial charge on any atom is -0.206 e. The molecule has 1 saturated heterocycles. The van der Waals surface area contributed by atoms with E-state index in [1.807, 2.05) is 0 Å². The number of hydrogen-bond acceptors (Lipinski definition) is 2.